The van der Waals surface area contributed by atoms with E-state index in [0.717, 1.165) is 0 Å². The van der Waals surface area contributed by atoms with E-state index in [1.165, 1.54) is 7.11 Å². The van der Waals surface area contributed by atoms with E-state index in [1.807, 2.05) is 0 Å². The van der Waals surface area contributed by atoms with E-state index in [0.29, 0.717) is 32.7 Å². The molecule has 0 unspecified atom stereocenters. The van der Waals surface area contributed by atoms with Crippen LogP contribution in [0.1, 0.15) is 12.8 Å². The second-order valence-electron chi connectivity index (χ2n) is 5.15. The first-order valence-corrected chi connectivity index (χ1v) is 6.59. The molecule has 0 aromatic rings. The van der Waals surface area contributed by atoms with Gasteiger partial charge in [0, 0.05) is 43.5 Å². The lowest BCUT2D eigenvalue weighted by molar-refractivity contribution is -0.161. The number of azide groups is 1. The predicted molar refractivity (Wildman–Crippen MR) is 68.6 cm³/mol. The highest BCUT2D eigenvalue weighted by Crippen LogP contribution is 2.43. The van der Waals surface area contributed by atoms with Crippen molar-refractivity contribution >= 4 is 11.9 Å². The van der Waals surface area contributed by atoms with E-state index >= 15 is 0 Å². The summed E-state index contributed by atoms with van der Waals surface area (Å²) in [6.45, 7) is 1.97. The number of ether oxygens (including phenoxy) is 2. The van der Waals surface area contributed by atoms with Gasteiger partial charge in [-0.15, -0.1) is 0 Å². The molecule has 110 valence electrons. The number of nitrogens with zero attached hydrogens (tertiary/aromatic N) is 4. The van der Waals surface area contributed by atoms with Crippen LogP contribution in [-0.4, -0.2) is 56.7 Å². The summed E-state index contributed by atoms with van der Waals surface area (Å²) in [7, 11) is 1.37. The number of methoxy groups -OCH3 is 1. The fourth-order valence-electron chi connectivity index (χ4n) is 3.03. The molecule has 0 spiro atoms. The summed E-state index contributed by atoms with van der Waals surface area (Å²) in [5.41, 5.74) is 7.58. The third kappa shape index (κ3) is 2.57. The Morgan fingerprint density at radius 2 is 2.40 bits per heavy atom. The number of amides is 1. The van der Waals surface area contributed by atoms with Crippen molar-refractivity contribution < 1.29 is 19.1 Å². The van der Waals surface area contributed by atoms with Gasteiger partial charge in [0.25, 0.3) is 0 Å². The monoisotopic (exact) mass is 282 g/mol. The van der Waals surface area contributed by atoms with Crippen LogP contribution in [-0.2, 0) is 19.1 Å². The van der Waals surface area contributed by atoms with Crippen LogP contribution in [0.3, 0.4) is 0 Å². The zero-order chi connectivity index (χ0) is 14.6. The molecule has 0 aromatic heterocycles. The van der Waals surface area contributed by atoms with Crippen molar-refractivity contribution in [1.29, 1.82) is 0 Å². The molecule has 20 heavy (non-hydrogen) atoms. The van der Waals surface area contributed by atoms with Crippen LogP contribution in [0.5, 0.6) is 0 Å². The van der Waals surface area contributed by atoms with Crippen LogP contribution in [0.2, 0.25) is 0 Å². The summed E-state index contributed by atoms with van der Waals surface area (Å²) in [6.07, 6.45) is 0.735. The summed E-state index contributed by atoms with van der Waals surface area (Å²) >= 11 is 0. The van der Waals surface area contributed by atoms with Gasteiger partial charge in [-0.25, -0.2) is 0 Å². The first-order chi connectivity index (χ1) is 9.64. The number of hydrogen-bond donors (Lipinski definition) is 0. The van der Waals surface area contributed by atoms with Gasteiger partial charge in [0.15, 0.2) is 0 Å². The molecule has 8 heteroatoms. The molecule has 2 aliphatic rings. The second-order valence-corrected chi connectivity index (χ2v) is 5.15. The number of hydrogen-bond acceptors (Lipinski definition) is 5. The van der Waals surface area contributed by atoms with Crippen molar-refractivity contribution in [2.45, 2.75) is 12.8 Å². The van der Waals surface area contributed by atoms with Gasteiger partial charge in [-0.1, -0.05) is 5.11 Å². The van der Waals surface area contributed by atoms with Gasteiger partial charge in [-0.05, 0) is 12.0 Å². The molecule has 0 aromatic carbocycles. The standard InChI is InChI=1S/C12H18N4O4/c1-19-11(18)12-3-5-20-7-9(12)6-16(8-12)10(17)2-4-14-15-13/h9H,2-8H2,1H3/t9-,12+/m0/s1. The Bertz CT molecular complexity index is 449. The van der Waals surface area contributed by atoms with Gasteiger partial charge in [0.05, 0.1) is 19.1 Å². The quantitative estimate of drug-likeness (QED) is 0.328. The van der Waals surface area contributed by atoms with E-state index < -0.39 is 5.41 Å². The molecule has 0 N–H and O–H groups in total. The van der Waals surface area contributed by atoms with Gasteiger partial charge < -0.3 is 14.4 Å². The first-order valence-electron chi connectivity index (χ1n) is 6.59. The Balaban J connectivity index is 2.07. The Morgan fingerprint density at radius 3 is 3.10 bits per heavy atom. The molecule has 1 amide bonds. The highest BCUT2D eigenvalue weighted by Gasteiger charge is 2.55. The largest absolute Gasteiger partial charge is 0.469 e. The number of fused-ring (bicyclic) bond motifs is 1. The average molecular weight is 282 g/mol. The number of esters is 1. The molecule has 2 heterocycles. The Kier molecular flexibility index (Phi) is 4.46. The summed E-state index contributed by atoms with van der Waals surface area (Å²) in [5, 5.41) is 3.36. The molecular formula is C12H18N4O4. The number of carbonyl (C=O) groups excluding carboxylic acids is 2. The van der Waals surface area contributed by atoms with Crippen LogP contribution in [0.15, 0.2) is 5.11 Å². The molecule has 2 atom stereocenters. The zero-order valence-electron chi connectivity index (χ0n) is 11.4. The van der Waals surface area contributed by atoms with E-state index in [4.69, 9.17) is 15.0 Å². The van der Waals surface area contributed by atoms with E-state index in [1.54, 1.807) is 4.90 Å². The van der Waals surface area contributed by atoms with Crippen molar-refractivity contribution in [2.24, 2.45) is 16.4 Å². The molecule has 8 nitrogen and oxygen atoms in total. The molecule has 2 saturated heterocycles. The molecule has 0 radical (unpaired) electrons. The maximum Gasteiger partial charge on any atom is 0.314 e. The molecule has 2 aliphatic heterocycles. The number of carbonyl (C=O) groups is 2. The van der Waals surface area contributed by atoms with Crippen LogP contribution in [0.25, 0.3) is 10.4 Å². The zero-order valence-corrected chi connectivity index (χ0v) is 11.4. The lowest BCUT2D eigenvalue weighted by Gasteiger charge is -2.35. The predicted octanol–water partition coefficient (Wildman–Crippen LogP) is 0.725. The van der Waals surface area contributed by atoms with Gasteiger partial charge >= 0.3 is 5.97 Å². The van der Waals surface area contributed by atoms with Crippen LogP contribution >= 0.6 is 0 Å². The fourth-order valence-corrected chi connectivity index (χ4v) is 3.03. The van der Waals surface area contributed by atoms with Crippen molar-refractivity contribution in [1.82, 2.24) is 4.90 Å². The molecular weight excluding hydrogens is 264 g/mol. The lowest BCUT2D eigenvalue weighted by atomic mass is 9.74. The minimum atomic E-state index is -0.638. The molecule has 0 bridgehead atoms. The Hall–Kier alpha value is -1.79. The number of likely N-dealkylation sites (tertiary alicyclic amines) is 1. The van der Waals surface area contributed by atoms with Crippen molar-refractivity contribution in [2.75, 3.05) is 40.0 Å². The third-order valence-corrected chi connectivity index (χ3v) is 4.14. The normalized spacial score (nSPS) is 28.4. The summed E-state index contributed by atoms with van der Waals surface area (Å²) in [5.74, 6) is -0.390. The van der Waals surface area contributed by atoms with E-state index in [-0.39, 0.29) is 30.8 Å². The highest BCUT2D eigenvalue weighted by atomic mass is 16.5. The van der Waals surface area contributed by atoms with Crippen LogP contribution < -0.4 is 0 Å². The summed E-state index contributed by atoms with van der Waals surface area (Å²) < 4.78 is 10.3. The second kappa shape index (κ2) is 6.11. The Labute approximate surface area is 116 Å². The van der Waals surface area contributed by atoms with Crippen molar-refractivity contribution in [3.63, 3.8) is 0 Å². The smallest absolute Gasteiger partial charge is 0.314 e. The van der Waals surface area contributed by atoms with Crippen molar-refractivity contribution in [3.05, 3.63) is 10.4 Å². The van der Waals surface area contributed by atoms with Gasteiger partial charge in [0.1, 0.15) is 0 Å². The Morgan fingerprint density at radius 1 is 1.60 bits per heavy atom. The maximum absolute atomic E-state index is 12.1. The van der Waals surface area contributed by atoms with Crippen molar-refractivity contribution in [3.8, 4) is 0 Å². The maximum atomic E-state index is 12.1. The van der Waals surface area contributed by atoms with E-state index in [2.05, 4.69) is 10.0 Å². The van der Waals surface area contributed by atoms with Crippen LogP contribution in [0.4, 0.5) is 0 Å². The molecule has 2 fully saturated rings. The van der Waals surface area contributed by atoms with Crippen LogP contribution in [0, 0.1) is 11.3 Å². The minimum absolute atomic E-state index is 0.0212. The summed E-state index contributed by atoms with van der Waals surface area (Å²) in [4.78, 5) is 28.5. The SMILES string of the molecule is COC(=O)[C@@]12CCOC[C@@H]1CN(C(=O)CCN=[N+]=[N-])C2. The molecule has 0 aliphatic carbocycles. The first kappa shape index (κ1) is 14.6. The average Bonchev–Trinajstić information content (AvgIpc) is 2.87. The van der Waals surface area contributed by atoms with Gasteiger partial charge in [0.2, 0.25) is 5.91 Å². The number of rotatable bonds is 4. The fraction of sp³-hybridized carbons (Fsp3) is 0.833. The lowest BCUT2D eigenvalue weighted by Crippen LogP contribution is -2.45. The summed E-state index contributed by atoms with van der Waals surface area (Å²) in [6, 6.07) is 0. The molecule has 0 saturated carbocycles. The minimum Gasteiger partial charge on any atom is -0.469 e. The highest BCUT2D eigenvalue weighted by molar-refractivity contribution is 5.82. The third-order valence-electron chi connectivity index (χ3n) is 4.14. The molecule has 2 rings (SSSR count). The van der Waals surface area contributed by atoms with E-state index in [9.17, 15) is 9.59 Å². The van der Waals surface area contributed by atoms with Gasteiger partial charge in [-0.3, -0.25) is 9.59 Å². The van der Waals surface area contributed by atoms with Gasteiger partial charge in [-0.2, -0.15) is 0 Å². The topological polar surface area (TPSA) is 105 Å².